The molecule has 3 N–H and O–H groups in total. The second-order valence-electron chi connectivity index (χ2n) is 5.27. The number of likely N-dealkylation sites (N-methyl/N-ethyl adjacent to an activating group) is 1. The highest BCUT2D eigenvalue weighted by Gasteiger charge is 2.22. The van der Waals surface area contributed by atoms with E-state index in [-0.39, 0.29) is 24.0 Å². The first-order chi connectivity index (χ1) is 9.70. The van der Waals surface area contributed by atoms with Crippen molar-refractivity contribution in [1.29, 1.82) is 0 Å². The fraction of sp³-hybridized carbons (Fsp3) is 0.714. The molecule has 1 fully saturated rings. The van der Waals surface area contributed by atoms with E-state index >= 15 is 0 Å². The number of aromatic nitrogens is 2. The number of rotatable bonds is 6. The van der Waals surface area contributed by atoms with Crippen molar-refractivity contribution in [2.45, 2.75) is 32.2 Å². The Kier molecular flexibility index (Phi) is 8.02. The molecule has 1 unspecified atom stereocenters. The zero-order chi connectivity index (χ0) is 14.4. The fourth-order valence-corrected chi connectivity index (χ4v) is 2.74. The number of aliphatic imine (C=N–C) groups is 1. The summed E-state index contributed by atoms with van der Waals surface area (Å²) in [6.07, 6.45) is 5.23. The van der Waals surface area contributed by atoms with Crippen LogP contribution in [0.25, 0.3) is 0 Å². The molecule has 0 amide bonds. The molecule has 2 heterocycles. The van der Waals surface area contributed by atoms with Crippen LogP contribution in [0.2, 0.25) is 0 Å². The van der Waals surface area contributed by atoms with Gasteiger partial charge < -0.3 is 11.1 Å². The van der Waals surface area contributed by atoms with Gasteiger partial charge in [-0.05, 0) is 32.0 Å². The second kappa shape index (κ2) is 9.24. The number of likely N-dealkylation sites (tertiary alicyclic amines) is 1. The van der Waals surface area contributed by atoms with Gasteiger partial charge in [0.2, 0.25) is 0 Å². The van der Waals surface area contributed by atoms with Gasteiger partial charge in [-0.25, -0.2) is 0 Å². The Labute approximate surface area is 144 Å². The van der Waals surface area contributed by atoms with Gasteiger partial charge in [0.25, 0.3) is 0 Å². The third-order valence-corrected chi connectivity index (χ3v) is 3.99. The van der Waals surface area contributed by atoms with Crippen LogP contribution in [0.4, 0.5) is 0 Å². The summed E-state index contributed by atoms with van der Waals surface area (Å²) in [4.78, 5) is 6.94. The van der Waals surface area contributed by atoms with E-state index in [9.17, 15) is 0 Å². The first-order valence-electron chi connectivity index (χ1n) is 7.45. The van der Waals surface area contributed by atoms with Gasteiger partial charge in [0.05, 0.1) is 6.54 Å². The maximum Gasteiger partial charge on any atom is 0.188 e. The van der Waals surface area contributed by atoms with Gasteiger partial charge in [0, 0.05) is 37.9 Å². The molecular formula is C14H27IN6. The lowest BCUT2D eigenvalue weighted by Gasteiger charge is -2.20. The molecule has 0 spiro atoms. The number of hydrogen-bond donors (Lipinski definition) is 2. The summed E-state index contributed by atoms with van der Waals surface area (Å²) in [5.41, 5.74) is 7.11. The van der Waals surface area contributed by atoms with Crippen LogP contribution in [0.15, 0.2) is 17.3 Å². The van der Waals surface area contributed by atoms with Gasteiger partial charge in [-0.1, -0.05) is 6.92 Å². The van der Waals surface area contributed by atoms with Crippen molar-refractivity contribution in [2.75, 3.05) is 26.2 Å². The van der Waals surface area contributed by atoms with Crippen molar-refractivity contribution in [1.82, 2.24) is 20.0 Å². The fourth-order valence-electron chi connectivity index (χ4n) is 2.74. The van der Waals surface area contributed by atoms with E-state index < -0.39 is 0 Å². The van der Waals surface area contributed by atoms with Gasteiger partial charge in [0.1, 0.15) is 0 Å². The van der Waals surface area contributed by atoms with Crippen LogP contribution in [0.1, 0.15) is 25.5 Å². The van der Waals surface area contributed by atoms with Gasteiger partial charge in [-0.2, -0.15) is 5.10 Å². The molecule has 1 saturated heterocycles. The summed E-state index contributed by atoms with van der Waals surface area (Å²) >= 11 is 0. The van der Waals surface area contributed by atoms with Crippen LogP contribution in [-0.4, -0.2) is 52.9 Å². The quantitative estimate of drug-likeness (QED) is 0.420. The molecule has 120 valence electrons. The molecule has 1 aromatic rings. The molecule has 2 rings (SSSR count). The van der Waals surface area contributed by atoms with Crippen LogP contribution in [0.5, 0.6) is 0 Å². The Morgan fingerprint density at radius 1 is 1.57 bits per heavy atom. The SMILES string of the molecule is CCN1CCCC1CN=C(N)NCCc1ccnn1C.I. The van der Waals surface area contributed by atoms with Gasteiger partial charge in [-0.15, -0.1) is 24.0 Å². The number of nitrogens with zero attached hydrogens (tertiary/aromatic N) is 4. The Balaban J connectivity index is 0.00000220. The van der Waals surface area contributed by atoms with Gasteiger partial charge in [-0.3, -0.25) is 14.6 Å². The molecule has 0 bridgehead atoms. The van der Waals surface area contributed by atoms with E-state index in [0.29, 0.717) is 12.0 Å². The van der Waals surface area contributed by atoms with Gasteiger partial charge in [0.15, 0.2) is 5.96 Å². The van der Waals surface area contributed by atoms with Crippen LogP contribution in [0.3, 0.4) is 0 Å². The highest BCUT2D eigenvalue weighted by molar-refractivity contribution is 14.0. The van der Waals surface area contributed by atoms with E-state index in [1.54, 1.807) is 0 Å². The maximum atomic E-state index is 5.91. The summed E-state index contributed by atoms with van der Waals surface area (Å²) in [7, 11) is 1.95. The molecule has 7 heteroatoms. The number of halogens is 1. The van der Waals surface area contributed by atoms with Crippen molar-refractivity contribution >= 4 is 29.9 Å². The van der Waals surface area contributed by atoms with E-state index in [4.69, 9.17) is 5.73 Å². The largest absolute Gasteiger partial charge is 0.370 e. The molecule has 6 nitrogen and oxygen atoms in total. The zero-order valence-corrected chi connectivity index (χ0v) is 15.3. The van der Waals surface area contributed by atoms with Gasteiger partial charge >= 0.3 is 0 Å². The average Bonchev–Trinajstić information content (AvgIpc) is 3.05. The average molecular weight is 406 g/mol. The maximum absolute atomic E-state index is 5.91. The predicted octanol–water partition coefficient (Wildman–Crippen LogP) is 0.969. The first-order valence-corrected chi connectivity index (χ1v) is 7.45. The zero-order valence-electron chi connectivity index (χ0n) is 13.0. The Morgan fingerprint density at radius 3 is 3.05 bits per heavy atom. The Morgan fingerprint density at radius 2 is 2.38 bits per heavy atom. The number of nitrogens with two attached hydrogens (primary N) is 1. The molecule has 1 aromatic heterocycles. The molecule has 1 aliphatic rings. The monoisotopic (exact) mass is 406 g/mol. The third-order valence-electron chi connectivity index (χ3n) is 3.99. The molecule has 0 saturated carbocycles. The van der Waals surface area contributed by atoms with Crippen molar-refractivity contribution in [3.8, 4) is 0 Å². The minimum atomic E-state index is 0. The van der Waals surface area contributed by atoms with E-state index in [2.05, 4.69) is 27.2 Å². The summed E-state index contributed by atoms with van der Waals surface area (Å²) in [5.74, 6) is 0.551. The standard InChI is InChI=1S/C14H26N6.HI/c1-3-20-10-4-5-13(20)11-17-14(15)16-8-6-12-7-9-18-19(12)2;/h7,9,13H,3-6,8,10-11H2,1-2H3,(H3,15,16,17);1H. The summed E-state index contributed by atoms with van der Waals surface area (Å²) in [6, 6.07) is 2.59. The smallest absolute Gasteiger partial charge is 0.188 e. The normalized spacial score (nSPS) is 19.5. The topological polar surface area (TPSA) is 71.5 Å². The molecule has 1 atom stereocenters. The third kappa shape index (κ3) is 5.46. The van der Waals surface area contributed by atoms with Crippen molar-refractivity contribution in [2.24, 2.45) is 17.8 Å². The van der Waals surface area contributed by atoms with Crippen molar-refractivity contribution in [3.05, 3.63) is 18.0 Å². The first kappa shape index (κ1) is 18.2. The van der Waals surface area contributed by atoms with E-state index in [1.165, 1.54) is 25.1 Å². The predicted molar refractivity (Wildman–Crippen MR) is 97.1 cm³/mol. The Bertz CT molecular complexity index is 444. The van der Waals surface area contributed by atoms with Crippen LogP contribution in [0, 0.1) is 0 Å². The Hall–Kier alpha value is -0.830. The van der Waals surface area contributed by atoms with Crippen molar-refractivity contribution < 1.29 is 0 Å². The van der Waals surface area contributed by atoms with Crippen LogP contribution >= 0.6 is 24.0 Å². The molecule has 21 heavy (non-hydrogen) atoms. The molecule has 0 aromatic carbocycles. The lowest BCUT2D eigenvalue weighted by Crippen LogP contribution is -2.36. The molecular weight excluding hydrogens is 379 g/mol. The highest BCUT2D eigenvalue weighted by Crippen LogP contribution is 2.16. The highest BCUT2D eigenvalue weighted by atomic mass is 127. The minimum absolute atomic E-state index is 0. The summed E-state index contributed by atoms with van der Waals surface area (Å²) in [6.45, 7) is 6.10. The van der Waals surface area contributed by atoms with Crippen molar-refractivity contribution in [3.63, 3.8) is 0 Å². The number of nitrogens with one attached hydrogen (secondary N) is 1. The lowest BCUT2D eigenvalue weighted by molar-refractivity contribution is 0.273. The lowest BCUT2D eigenvalue weighted by atomic mass is 10.2. The molecule has 0 aliphatic carbocycles. The van der Waals surface area contributed by atoms with Crippen LogP contribution in [-0.2, 0) is 13.5 Å². The second-order valence-corrected chi connectivity index (χ2v) is 5.27. The molecule has 0 radical (unpaired) electrons. The molecule has 1 aliphatic heterocycles. The number of hydrogen-bond acceptors (Lipinski definition) is 3. The van der Waals surface area contributed by atoms with E-state index in [0.717, 1.165) is 26.1 Å². The number of guanidine groups is 1. The van der Waals surface area contributed by atoms with E-state index in [1.807, 2.05) is 24.0 Å². The summed E-state index contributed by atoms with van der Waals surface area (Å²) in [5, 5.41) is 7.32. The van der Waals surface area contributed by atoms with Crippen LogP contribution < -0.4 is 11.1 Å². The number of aryl methyl sites for hydroxylation is 1. The summed E-state index contributed by atoms with van der Waals surface area (Å²) < 4.78 is 1.88. The minimum Gasteiger partial charge on any atom is -0.370 e.